The number of hydrogen-bond acceptors (Lipinski definition) is 5. The van der Waals surface area contributed by atoms with Crippen LogP contribution in [0.3, 0.4) is 0 Å². The van der Waals surface area contributed by atoms with Crippen molar-refractivity contribution >= 4 is 16.8 Å². The second-order valence-electron chi connectivity index (χ2n) is 7.36. The smallest absolute Gasteiger partial charge is 0.252 e. The van der Waals surface area contributed by atoms with Gasteiger partial charge in [0.2, 0.25) is 5.91 Å². The van der Waals surface area contributed by atoms with Gasteiger partial charge in [-0.2, -0.15) is 5.26 Å². The number of nitrogens with one attached hydrogen (secondary N) is 2. The number of rotatable bonds is 4. The molecule has 1 saturated carbocycles. The van der Waals surface area contributed by atoms with Crippen LogP contribution in [0.1, 0.15) is 48.3 Å². The summed E-state index contributed by atoms with van der Waals surface area (Å²) in [4.78, 5) is 36.8. The molecule has 0 radical (unpaired) electrons. The number of benzene rings is 1. The maximum Gasteiger partial charge on any atom is 0.252 e. The largest absolute Gasteiger partial charge is 0.347 e. The van der Waals surface area contributed by atoms with Crippen LogP contribution in [0.25, 0.3) is 10.9 Å². The number of aryl methyl sites for hydroxylation is 1. The number of aromatic amines is 1. The van der Waals surface area contributed by atoms with Crippen LogP contribution in [0.4, 0.5) is 4.39 Å². The molecule has 29 heavy (non-hydrogen) atoms. The molecule has 7 nitrogen and oxygen atoms in total. The van der Waals surface area contributed by atoms with Gasteiger partial charge in [0, 0.05) is 16.5 Å². The quantitative estimate of drug-likeness (QED) is 0.710. The fraction of sp³-hybridized carbons (Fsp3) is 0.286. The SMILES string of the molecule is Cc1c(C2(C(=O)N[C@H](C)c3cnc(C#N)cn3)CC2)c(=O)[nH]c2ccc(F)cc12. The van der Waals surface area contributed by atoms with Crippen molar-refractivity contribution < 1.29 is 9.18 Å². The minimum Gasteiger partial charge on any atom is -0.347 e. The van der Waals surface area contributed by atoms with Crippen molar-refractivity contribution in [2.75, 3.05) is 0 Å². The van der Waals surface area contributed by atoms with E-state index in [9.17, 15) is 14.0 Å². The van der Waals surface area contributed by atoms with Gasteiger partial charge in [-0.1, -0.05) is 0 Å². The third-order valence-corrected chi connectivity index (χ3v) is 5.48. The molecular formula is C21H18FN5O2. The Morgan fingerprint density at radius 1 is 1.34 bits per heavy atom. The Hall–Kier alpha value is -3.60. The average molecular weight is 391 g/mol. The van der Waals surface area contributed by atoms with Gasteiger partial charge in [0.15, 0.2) is 5.69 Å². The lowest BCUT2D eigenvalue weighted by atomic mass is 9.90. The summed E-state index contributed by atoms with van der Waals surface area (Å²) in [5, 5.41) is 12.3. The van der Waals surface area contributed by atoms with E-state index >= 15 is 0 Å². The zero-order valence-corrected chi connectivity index (χ0v) is 15.9. The van der Waals surface area contributed by atoms with Gasteiger partial charge < -0.3 is 10.3 Å². The van der Waals surface area contributed by atoms with Crippen LogP contribution in [0.5, 0.6) is 0 Å². The van der Waals surface area contributed by atoms with E-state index in [1.807, 2.05) is 6.07 Å². The molecule has 0 bridgehead atoms. The Morgan fingerprint density at radius 3 is 2.72 bits per heavy atom. The van der Waals surface area contributed by atoms with Crippen molar-refractivity contribution in [2.24, 2.45) is 0 Å². The molecule has 8 heteroatoms. The molecule has 4 rings (SSSR count). The van der Waals surface area contributed by atoms with Gasteiger partial charge >= 0.3 is 0 Å². The second-order valence-corrected chi connectivity index (χ2v) is 7.36. The molecule has 2 N–H and O–H groups in total. The van der Waals surface area contributed by atoms with Crippen LogP contribution in [0.2, 0.25) is 0 Å². The summed E-state index contributed by atoms with van der Waals surface area (Å²) in [7, 11) is 0. The third kappa shape index (κ3) is 3.14. The topological polar surface area (TPSA) is 112 Å². The van der Waals surface area contributed by atoms with E-state index in [1.54, 1.807) is 13.8 Å². The summed E-state index contributed by atoms with van der Waals surface area (Å²) in [6.45, 7) is 3.51. The standard InChI is InChI=1S/C21H18FN5O2/c1-11-15-7-13(22)3-4-16(15)27-19(28)18(11)21(5-6-21)20(29)26-12(2)17-10-24-14(8-23)9-25-17/h3-4,7,9-10,12H,5-6H2,1-2H3,(H,26,29)(H,27,28)/t12-/m1/s1. The number of carbonyl (C=O) groups is 1. The van der Waals surface area contributed by atoms with E-state index in [1.165, 1.54) is 30.6 Å². The molecule has 1 atom stereocenters. The van der Waals surface area contributed by atoms with E-state index in [4.69, 9.17) is 5.26 Å². The van der Waals surface area contributed by atoms with Crippen LogP contribution in [-0.4, -0.2) is 20.9 Å². The summed E-state index contributed by atoms with van der Waals surface area (Å²) >= 11 is 0. The van der Waals surface area contributed by atoms with E-state index in [-0.39, 0.29) is 17.2 Å². The van der Waals surface area contributed by atoms with Gasteiger partial charge in [0.1, 0.15) is 11.9 Å². The first-order valence-corrected chi connectivity index (χ1v) is 9.21. The van der Waals surface area contributed by atoms with Gasteiger partial charge in [-0.15, -0.1) is 0 Å². The molecular weight excluding hydrogens is 373 g/mol. The molecule has 1 aliphatic carbocycles. The maximum absolute atomic E-state index is 13.7. The number of fused-ring (bicyclic) bond motifs is 1. The highest BCUT2D eigenvalue weighted by Crippen LogP contribution is 2.49. The predicted octanol–water partition coefficient (Wildman–Crippen LogP) is 2.55. The van der Waals surface area contributed by atoms with Crippen LogP contribution >= 0.6 is 0 Å². The number of carbonyl (C=O) groups excluding carboxylic acids is 1. The Kier molecular flexibility index (Phi) is 4.38. The highest BCUT2D eigenvalue weighted by Gasteiger charge is 2.54. The maximum atomic E-state index is 13.7. The van der Waals surface area contributed by atoms with Crippen LogP contribution in [-0.2, 0) is 10.2 Å². The van der Waals surface area contributed by atoms with Crippen molar-refractivity contribution in [1.82, 2.24) is 20.3 Å². The van der Waals surface area contributed by atoms with Gasteiger partial charge in [0.25, 0.3) is 5.56 Å². The number of H-pyrrole nitrogens is 1. The minimum atomic E-state index is -0.938. The average Bonchev–Trinajstić information content (AvgIpc) is 3.50. The van der Waals surface area contributed by atoms with E-state index in [0.29, 0.717) is 40.6 Å². The Labute approximate surface area is 165 Å². The van der Waals surface area contributed by atoms with Crippen molar-refractivity contribution in [3.05, 3.63) is 69.3 Å². The molecule has 3 aromatic rings. The zero-order valence-electron chi connectivity index (χ0n) is 15.9. The van der Waals surface area contributed by atoms with Gasteiger partial charge in [-0.25, -0.2) is 9.37 Å². The lowest BCUT2D eigenvalue weighted by molar-refractivity contribution is -0.124. The normalized spacial score (nSPS) is 15.5. The fourth-order valence-corrected chi connectivity index (χ4v) is 3.75. The highest BCUT2D eigenvalue weighted by molar-refractivity contribution is 5.94. The van der Waals surface area contributed by atoms with Crippen molar-refractivity contribution in [1.29, 1.82) is 5.26 Å². The zero-order chi connectivity index (χ0) is 20.8. The number of hydrogen-bond donors (Lipinski definition) is 2. The monoisotopic (exact) mass is 391 g/mol. The molecule has 0 saturated heterocycles. The Morgan fingerprint density at radius 2 is 2.10 bits per heavy atom. The summed E-state index contributed by atoms with van der Waals surface area (Å²) in [6, 6.07) is 5.63. The molecule has 146 valence electrons. The number of nitriles is 1. The van der Waals surface area contributed by atoms with Crippen molar-refractivity contribution in [2.45, 2.75) is 38.1 Å². The molecule has 1 aliphatic rings. The Bertz CT molecular complexity index is 1220. The first kappa shape index (κ1) is 18.7. The molecule has 2 aromatic heterocycles. The van der Waals surface area contributed by atoms with Crippen LogP contribution < -0.4 is 10.9 Å². The highest BCUT2D eigenvalue weighted by atomic mass is 19.1. The number of aromatic nitrogens is 3. The molecule has 1 amide bonds. The number of halogens is 1. The molecule has 1 fully saturated rings. The fourth-order valence-electron chi connectivity index (χ4n) is 3.75. The molecule has 0 aliphatic heterocycles. The third-order valence-electron chi connectivity index (χ3n) is 5.48. The van der Waals surface area contributed by atoms with Crippen molar-refractivity contribution in [3.8, 4) is 6.07 Å². The van der Waals surface area contributed by atoms with Gasteiger partial charge in [-0.3, -0.25) is 14.6 Å². The predicted molar refractivity (Wildman–Crippen MR) is 103 cm³/mol. The first-order chi connectivity index (χ1) is 13.9. The number of pyridine rings is 1. The summed E-state index contributed by atoms with van der Waals surface area (Å²) in [5.41, 5.74) is 0.964. The lowest BCUT2D eigenvalue weighted by Crippen LogP contribution is -2.40. The minimum absolute atomic E-state index is 0.191. The van der Waals surface area contributed by atoms with E-state index < -0.39 is 17.3 Å². The van der Waals surface area contributed by atoms with Crippen molar-refractivity contribution in [3.63, 3.8) is 0 Å². The summed E-state index contributed by atoms with van der Waals surface area (Å²) in [5.74, 6) is -0.679. The van der Waals surface area contributed by atoms with E-state index in [0.717, 1.165) is 0 Å². The van der Waals surface area contributed by atoms with Crippen LogP contribution in [0, 0.1) is 24.1 Å². The molecule has 1 aromatic carbocycles. The Balaban J connectivity index is 1.67. The summed E-state index contributed by atoms with van der Waals surface area (Å²) < 4.78 is 13.7. The lowest BCUT2D eigenvalue weighted by Gasteiger charge is -2.21. The van der Waals surface area contributed by atoms with Crippen LogP contribution in [0.15, 0.2) is 35.4 Å². The van der Waals surface area contributed by atoms with Gasteiger partial charge in [0.05, 0.1) is 29.5 Å². The van der Waals surface area contributed by atoms with E-state index in [2.05, 4.69) is 20.3 Å². The summed E-state index contributed by atoms with van der Waals surface area (Å²) in [6.07, 6.45) is 3.86. The van der Waals surface area contributed by atoms with Gasteiger partial charge in [-0.05, 0) is 50.5 Å². The molecule has 0 unspecified atom stereocenters. The number of amides is 1. The second kappa shape index (κ2) is 6.78. The molecule has 2 heterocycles. The number of nitrogens with zero attached hydrogens (tertiary/aromatic N) is 3. The molecule has 0 spiro atoms. The first-order valence-electron chi connectivity index (χ1n) is 9.21.